The third-order valence-corrected chi connectivity index (χ3v) is 7.68. The largest absolute Gasteiger partial charge is 0.357 e. The van der Waals surface area contributed by atoms with Gasteiger partial charge in [0.05, 0.1) is 15.2 Å². The molecule has 1 aromatic heterocycles. The lowest BCUT2D eigenvalue weighted by Gasteiger charge is -2.36. The molecule has 2 aliphatic rings. The SMILES string of the molecule is CC1(C)CC(=O)C2=C(C1)Nc1ccccc1N(C(=O)c1ccccc1)[C@H]2c1ccc(Br)s1. The molecule has 0 fully saturated rings. The average molecular weight is 507 g/mol. The average Bonchev–Trinajstić information content (AvgIpc) is 3.12. The zero-order chi connectivity index (χ0) is 22.5. The normalized spacial score (nSPS) is 19.7. The molecule has 0 radical (unpaired) electrons. The van der Waals surface area contributed by atoms with Gasteiger partial charge in [-0.15, -0.1) is 11.3 Å². The van der Waals surface area contributed by atoms with Crippen molar-refractivity contribution in [3.05, 3.63) is 92.2 Å². The van der Waals surface area contributed by atoms with E-state index in [0.717, 1.165) is 32.2 Å². The first-order chi connectivity index (χ1) is 15.3. The van der Waals surface area contributed by atoms with Crippen LogP contribution in [0.15, 0.2) is 81.8 Å². The van der Waals surface area contributed by atoms with Crippen molar-refractivity contribution in [2.24, 2.45) is 5.41 Å². The van der Waals surface area contributed by atoms with Crippen molar-refractivity contribution in [2.45, 2.75) is 32.7 Å². The number of carbonyl (C=O) groups excluding carboxylic acids is 2. The molecule has 1 aliphatic carbocycles. The first kappa shape index (κ1) is 21.2. The van der Waals surface area contributed by atoms with E-state index in [1.807, 2.05) is 66.7 Å². The van der Waals surface area contributed by atoms with E-state index in [9.17, 15) is 9.59 Å². The van der Waals surface area contributed by atoms with Crippen LogP contribution in [0.4, 0.5) is 11.4 Å². The summed E-state index contributed by atoms with van der Waals surface area (Å²) in [6.07, 6.45) is 1.21. The smallest absolute Gasteiger partial charge is 0.259 e. The van der Waals surface area contributed by atoms with Gasteiger partial charge in [-0.1, -0.05) is 44.2 Å². The number of nitrogens with zero attached hydrogens (tertiary/aromatic N) is 1. The predicted molar refractivity (Wildman–Crippen MR) is 133 cm³/mol. The van der Waals surface area contributed by atoms with Crippen LogP contribution in [0.25, 0.3) is 0 Å². The fourth-order valence-electron chi connectivity index (χ4n) is 4.67. The van der Waals surface area contributed by atoms with Crippen molar-refractivity contribution in [1.29, 1.82) is 0 Å². The van der Waals surface area contributed by atoms with Gasteiger partial charge in [-0.3, -0.25) is 14.5 Å². The lowest BCUT2D eigenvalue weighted by molar-refractivity contribution is -0.118. The van der Waals surface area contributed by atoms with Gasteiger partial charge in [0.2, 0.25) is 0 Å². The zero-order valence-electron chi connectivity index (χ0n) is 17.9. The van der Waals surface area contributed by atoms with Gasteiger partial charge in [-0.25, -0.2) is 0 Å². The van der Waals surface area contributed by atoms with E-state index in [1.165, 1.54) is 0 Å². The summed E-state index contributed by atoms with van der Waals surface area (Å²) in [5.41, 5.74) is 3.67. The number of halogens is 1. The molecular formula is C26H23BrN2O2S. The van der Waals surface area contributed by atoms with Crippen LogP contribution in [0.3, 0.4) is 0 Å². The maximum atomic E-state index is 14.0. The third-order valence-electron chi connectivity index (χ3n) is 6.00. The first-order valence-corrected chi connectivity index (χ1v) is 12.2. The van der Waals surface area contributed by atoms with Gasteiger partial charge in [-0.05, 0) is 64.2 Å². The Hall–Kier alpha value is -2.70. The fraction of sp³-hybridized carbons (Fsp3) is 0.231. The van der Waals surface area contributed by atoms with Gasteiger partial charge in [0, 0.05) is 28.1 Å². The first-order valence-electron chi connectivity index (χ1n) is 10.6. The molecule has 1 amide bonds. The van der Waals surface area contributed by atoms with E-state index in [0.29, 0.717) is 17.6 Å². The standard InChI is InChI=1S/C26H23BrN2O2S/c1-26(2)14-18-23(20(30)15-26)24(21-12-13-22(27)32-21)29(19-11-7-6-10-17(19)28-18)25(31)16-8-4-3-5-9-16/h3-13,24,28H,14-15H2,1-2H3/t24-/m0/s1. The topological polar surface area (TPSA) is 49.4 Å². The van der Waals surface area contributed by atoms with E-state index < -0.39 is 6.04 Å². The predicted octanol–water partition coefficient (Wildman–Crippen LogP) is 6.97. The lowest BCUT2D eigenvalue weighted by Crippen LogP contribution is -2.39. The number of hydrogen-bond acceptors (Lipinski definition) is 4. The maximum Gasteiger partial charge on any atom is 0.259 e. The zero-order valence-corrected chi connectivity index (χ0v) is 20.3. The third kappa shape index (κ3) is 3.71. The number of anilines is 2. The van der Waals surface area contributed by atoms with Crippen LogP contribution in [0.5, 0.6) is 0 Å². The van der Waals surface area contributed by atoms with Gasteiger partial charge in [-0.2, -0.15) is 0 Å². The van der Waals surface area contributed by atoms with Crippen molar-refractivity contribution in [3.63, 3.8) is 0 Å². The molecule has 0 spiro atoms. The molecule has 4 nitrogen and oxygen atoms in total. The van der Waals surface area contributed by atoms with Crippen molar-refractivity contribution in [2.75, 3.05) is 10.2 Å². The van der Waals surface area contributed by atoms with Crippen LogP contribution >= 0.6 is 27.3 Å². The highest BCUT2D eigenvalue weighted by molar-refractivity contribution is 9.11. The van der Waals surface area contributed by atoms with E-state index in [-0.39, 0.29) is 17.1 Å². The number of thiophene rings is 1. The summed E-state index contributed by atoms with van der Waals surface area (Å²) < 4.78 is 0.968. The Balaban J connectivity index is 1.79. The van der Waals surface area contributed by atoms with E-state index in [1.54, 1.807) is 16.2 Å². The number of allylic oxidation sites excluding steroid dienone is 1. The Morgan fingerprint density at radius 1 is 1.03 bits per heavy atom. The Morgan fingerprint density at radius 3 is 2.47 bits per heavy atom. The van der Waals surface area contributed by atoms with E-state index >= 15 is 0 Å². The number of nitrogens with one attached hydrogen (secondary N) is 1. The molecule has 1 atom stereocenters. The number of amides is 1. The molecule has 0 saturated heterocycles. The number of rotatable bonds is 2. The molecule has 2 aromatic carbocycles. The highest BCUT2D eigenvalue weighted by Gasteiger charge is 2.43. The molecule has 2 heterocycles. The number of para-hydroxylation sites is 2. The molecule has 1 aliphatic heterocycles. The van der Waals surface area contributed by atoms with Crippen LogP contribution in [-0.2, 0) is 4.79 Å². The highest BCUT2D eigenvalue weighted by atomic mass is 79.9. The quantitative estimate of drug-likeness (QED) is 0.408. The number of Topliss-reactive ketones (excluding diaryl/α,β-unsaturated/α-hetero) is 1. The summed E-state index contributed by atoms with van der Waals surface area (Å²) >= 11 is 5.13. The summed E-state index contributed by atoms with van der Waals surface area (Å²) in [4.78, 5) is 30.3. The minimum Gasteiger partial charge on any atom is -0.357 e. The van der Waals surface area contributed by atoms with Gasteiger partial charge in [0.25, 0.3) is 5.91 Å². The van der Waals surface area contributed by atoms with Gasteiger partial charge in [0.1, 0.15) is 6.04 Å². The summed E-state index contributed by atoms with van der Waals surface area (Å²) in [6.45, 7) is 4.24. The summed E-state index contributed by atoms with van der Waals surface area (Å²) in [7, 11) is 0. The molecule has 0 unspecified atom stereocenters. The van der Waals surface area contributed by atoms with E-state index in [2.05, 4.69) is 35.1 Å². The van der Waals surface area contributed by atoms with Crippen LogP contribution in [0, 0.1) is 5.41 Å². The molecule has 1 N–H and O–H groups in total. The molecule has 0 saturated carbocycles. The number of carbonyl (C=O) groups is 2. The van der Waals surface area contributed by atoms with Gasteiger partial charge >= 0.3 is 0 Å². The van der Waals surface area contributed by atoms with Crippen molar-refractivity contribution in [1.82, 2.24) is 0 Å². The number of hydrogen-bond donors (Lipinski definition) is 1. The molecule has 3 aromatic rings. The fourth-order valence-corrected chi connectivity index (χ4v) is 6.20. The Kier molecular flexibility index (Phi) is 5.30. The summed E-state index contributed by atoms with van der Waals surface area (Å²) in [5.74, 6) is -0.0299. The van der Waals surface area contributed by atoms with Crippen LogP contribution < -0.4 is 10.2 Å². The van der Waals surface area contributed by atoms with Crippen LogP contribution in [-0.4, -0.2) is 11.7 Å². The Labute approximate surface area is 200 Å². The van der Waals surface area contributed by atoms with Crippen molar-refractivity contribution in [3.8, 4) is 0 Å². The number of fused-ring (bicyclic) bond motifs is 1. The van der Waals surface area contributed by atoms with Crippen molar-refractivity contribution < 1.29 is 9.59 Å². The van der Waals surface area contributed by atoms with Crippen LogP contribution in [0.1, 0.15) is 48.0 Å². The molecule has 162 valence electrons. The monoisotopic (exact) mass is 506 g/mol. The number of benzene rings is 2. The molecule has 5 rings (SSSR count). The second-order valence-electron chi connectivity index (χ2n) is 9.06. The van der Waals surface area contributed by atoms with Crippen molar-refractivity contribution >= 4 is 50.3 Å². The highest BCUT2D eigenvalue weighted by Crippen LogP contribution is 2.50. The Morgan fingerprint density at radius 2 is 1.75 bits per heavy atom. The van der Waals surface area contributed by atoms with Crippen LogP contribution in [0.2, 0.25) is 0 Å². The maximum absolute atomic E-state index is 14.0. The summed E-state index contributed by atoms with van der Waals surface area (Å²) in [5, 5.41) is 3.55. The molecular weight excluding hydrogens is 484 g/mol. The summed E-state index contributed by atoms with van der Waals surface area (Å²) in [6, 6.07) is 20.6. The van der Waals surface area contributed by atoms with Gasteiger partial charge in [0.15, 0.2) is 5.78 Å². The molecule has 6 heteroatoms. The second-order valence-corrected chi connectivity index (χ2v) is 11.6. The van der Waals surface area contributed by atoms with E-state index in [4.69, 9.17) is 0 Å². The molecule has 0 bridgehead atoms. The lowest BCUT2D eigenvalue weighted by atomic mass is 9.74. The Bertz CT molecular complexity index is 1250. The minimum atomic E-state index is -0.492. The second kappa shape index (κ2) is 8.01. The van der Waals surface area contributed by atoms with Gasteiger partial charge < -0.3 is 5.32 Å². The minimum absolute atomic E-state index is 0.0944. The number of ketones is 1. The molecule has 32 heavy (non-hydrogen) atoms.